The Hall–Kier alpha value is -1.89. The monoisotopic (exact) mass is 272 g/mol. The normalized spacial score (nSPS) is 11.2. The van der Waals surface area contributed by atoms with E-state index in [1.165, 1.54) is 13.2 Å². The Bertz CT molecular complexity index is 477. The summed E-state index contributed by atoms with van der Waals surface area (Å²) >= 11 is 0. The first-order valence-electron chi connectivity index (χ1n) is 5.61. The summed E-state index contributed by atoms with van der Waals surface area (Å²) in [6.07, 6.45) is 0. The van der Waals surface area contributed by atoms with E-state index in [2.05, 4.69) is 5.32 Å². The molecule has 1 N–H and O–H groups in total. The number of nitro benzene ring substituents is 1. The summed E-state index contributed by atoms with van der Waals surface area (Å²) in [5.41, 5.74) is -0.759. The predicted octanol–water partition coefficient (Wildman–Crippen LogP) is 2.58. The first kappa shape index (κ1) is 15.2. The van der Waals surface area contributed by atoms with Crippen LogP contribution in [0.2, 0.25) is 0 Å². The number of anilines is 1. The number of nitro groups is 1. The van der Waals surface area contributed by atoms with Crippen LogP contribution in [-0.2, 0) is 4.74 Å². The van der Waals surface area contributed by atoms with Gasteiger partial charge in [-0.25, -0.2) is 4.39 Å². The van der Waals surface area contributed by atoms with Gasteiger partial charge in [-0.3, -0.25) is 10.1 Å². The van der Waals surface area contributed by atoms with Gasteiger partial charge in [-0.15, -0.1) is 0 Å². The largest absolute Gasteiger partial charge is 0.490 e. The lowest BCUT2D eigenvalue weighted by Crippen LogP contribution is -2.32. The Labute approximate surface area is 110 Å². The zero-order chi connectivity index (χ0) is 14.6. The Morgan fingerprint density at radius 2 is 2.05 bits per heavy atom. The number of nitrogens with one attached hydrogen (secondary N) is 1. The molecule has 0 aliphatic carbocycles. The number of rotatable bonds is 6. The van der Waals surface area contributed by atoms with Crippen LogP contribution in [0.1, 0.15) is 13.8 Å². The van der Waals surface area contributed by atoms with E-state index in [1.807, 2.05) is 13.8 Å². The zero-order valence-corrected chi connectivity index (χ0v) is 11.3. The topological polar surface area (TPSA) is 73.6 Å². The van der Waals surface area contributed by atoms with Crippen LogP contribution in [0.5, 0.6) is 5.75 Å². The van der Waals surface area contributed by atoms with Crippen LogP contribution in [0.3, 0.4) is 0 Å². The third-order valence-electron chi connectivity index (χ3n) is 2.72. The number of halogens is 1. The summed E-state index contributed by atoms with van der Waals surface area (Å²) in [7, 11) is 2.84. The maximum atomic E-state index is 13.7. The highest BCUT2D eigenvalue weighted by Crippen LogP contribution is 2.32. The van der Waals surface area contributed by atoms with E-state index in [-0.39, 0.29) is 11.4 Å². The van der Waals surface area contributed by atoms with E-state index in [4.69, 9.17) is 9.47 Å². The van der Waals surface area contributed by atoms with Gasteiger partial charge in [0.25, 0.3) is 0 Å². The van der Waals surface area contributed by atoms with Crippen LogP contribution >= 0.6 is 0 Å². The van der Waals surface area contributed by atoms with E-state index >= 15 is 0 Å². The molecular formula is C12H17FN2O4. The van der Waals surface area contributed by atoms with Crippen molar-refractivity contribution in [1.29, 1.82) is 0 Å². The maximum absolute atomic E-state index is 13.7. The van der Waals surface area contributed by atoms with Crippen molar-refractivity contribution in [1.82, 2.24) is 0 Å². The zero-order valence-electron chi connectivity index (χ0n) is 11.3. The van der Waals surface area contributed by atoms with Gasteiger partial charge in [-0.1, -0.05) is 0 Å². The Morgan fingerprint density at radius 1 is 1.42 bits per heavy atom. The molecule has 0 atom stereocenters. The third-order valence-corrected chi connectivity index (χ3v) is 2.72. The molecule has 0 aromatic heterocycles. The summed E-state index contributed by atoms with van der Waals surface area (Å²) in [4.78, 5) is 10.0. The molecule has 0 amide bonds. The van der Waals surface area contributed by atoms with Crippen molar-refractivity contribution >= 4 is 11.4 Å². The molecular weight excluding hydrogens is 255 g/mol. The van der Waals surface area contributed by atoms with Crippen LogP contribution in [0.15, 0.2) is 12.1 Å². The van der Waals surface area contributed by atoms with Gasteiger partial charge in [-0.05, 0) is 13.8 Å². The average Bonchev–Trinajstić information content (AvgIpc) is 2.36. The smallest absolute Gasteiger partial charge is 0.313 e. The Kier molecular flexibility index (Phi) is 4.66. The minimum Gasteiger partial charge on any atom is -0.490 e. The van der Waals surface area contributed by atoms with E-state index in [1.54, 1.807) is 7.11 Å². The minimum absolute atomic E-state index is 0.00382. The summed E-state index contributed by atoms with van der Waals surface area (Å²) in [5, 5.41) is 13.6. The average molecular weight is 272 g/mol. The molecule has 0 radical (unpaired) electrons. The maximum Gasteiger partial charge on any atom is 0.313 e. The van der Waals surface area contributed by atoms with Gasteiger partial charge >= 0.3 is 5.69 Å². The second kappa shape index (κ2) is 5.83. The van der Waals surface area contributed by atoms with Gasteiger partial charge in [-0.2, -0.15) is 0 Å². The van der Waals surface area contributed by atoms with Gasteiger partial charge in [0, 0.05) is 19.7 Å². The highest BCUT2D eigenvalue weighted by Gasteiger charge is 2.21. The SMILES string of the molecule is COc1cc(NCC(C)(C)OC)c(F)cc1[N+](=O)[O-]. The fraction of sp³-hybridized carbons (Fsp3) is 0.500. The molecule has 0 fully saturated rings. The van der Waals surface area contributed by atoms with Crippen molar-refractivity contribution in [3.63, 3.8) is 0 Å². The first-order valence-corrected chi connectivity index (χ1v) is 5.61. The molecule has 0 bridgehead atoms. The Balaban J connectivity index is 3.00. The molecule has 0 heterocycles. The number of ether oxygens (including phenoxy) is 2. The number of hydrogen-bond donors (Lipinski definition) is 1. The fourth-order valence-electron chi connectivity index (χ4n) is 1.36. The van der Waals surface area contributed by atoms with Gasteiger partial charge in [0.15, 0.2) is 11.6 Å². The lowest BCUT2D eigenvalue weighted by molar-refractivity contribution is -0.385. The number of nitrogens with zero attached hydrogens (tertiary/aromatic N) is 1. The highest BCUT2D eigenvalue weighted by atomic mass is 19.1. The van der Waals surface area contributed by atoms with Gasteiger partial charge in [0.05, 0.1) is 29.4 Å². The van der Waals surface area contributed by atoms with E-state index in [9.17, 15) is 14.5 Å². The van der Waals surface area contributed by atoms with Gasteiger partial charge < -0.3 is 14.8 Å². The molecule has 1 aromatic rings. The van der Waals surface area contributed by atoms with Crippen molar-refractivity contribution in [3.05, 3.63) is 28.1 Å². The molecule has 0 saturated heterocycles. The summed E-state index contributed by atoms with van der Waals surface area (Å²) in [5.74, 6) is -0.705. The molecule has 0 saturated carbocycles. The second-order valence-electron chi connectivity index (χ2n) is 4.58. The van der Waals surface area contributed by atoms with Gasteiger partial charge in [0.1, 0.15) is 0 Å². The van der Waals surface area contributed by atoms with Crippen molar-refractivity contribution < 1.29 is 18.8 Å². The number of methoxy groups -OCH3 is 2. The summed E-state index contributed by atoms with van der Waals surface area (Å²) in [6.45, 7) is 4.02. The van der Waals surface area contributed by atoms with Crippen molar-refractivity contribution in [2.24, 2.45) is 0 Å². The quantitative estimate of drug-likeness (QED) is 0.636. The second-order valence-corrected chi connectivity index (χ2v) is 4.58. The van der Waals surface area contributed by atoms with Crippen molar-refractivity contribution in [2.45, 2.75) is 19.4 Å². The molecule has 1 rings (SSSR count). The fourth-order valence-corrected chi connectivity index (χ4v) is 1.36. The lowest BCUT2D eigenvalue weighted by Gasteiger charge is -2.24. The minimum atomic E-state index is -0.709. The first-order chi connectivity index (χ1) is 8.80. The molecule has 7 heteroatoms. The lowest BCUT2D eigenvalue weighted by atomic mass is 10.1. The molecule has 0 spiro atoms. The van der Waals surface area contributed by atoms with Crippen LogP contribution in [0.25, 0.3) is 0 Å². The highest BCUT2D eigenvalue weighted by molar-refractivity contribution is 5.59. The predicted molar refractivity (Wildman–Crippen MR) is 69.2 cm³/mol. The molecule has 0 unspecified atom stereocenters. The molecule has 19 heavy (non-hydrogen) atoms. The molecule has 0 aliphatic rings. The van der Waals surface area contributed by atoms with Crippen LogP contribution < -0.4 is 10.1 Å². The van der Waals surface area contributed by atoms with Crippen molar-refractivity contribution in [3.8, 4) is 5.75 Å². The van der Waals surface area contributed by atoms with Crippen LogP contribution in [-0.4, -0.2) is 31.3 Å². The third kappa shape index (κ3) is 3.78. The molecule has 0 aliphatic heterocycles. The molecule has 1 aromatic carbocycles. The van der Waals surface area contributed by atoms with E-state index in [0.29, 0.717) is 6.54 Å². The molecule has 106 valence electrons. The summed E-state index contributed by atoms with van der Waals surface area (Å²) < 4.78 is 23.8. The standard InChI is InChI=1S/C12H17FN2O4/c1-12(2,19-4)7-14-9-6-11(18-3)10(15(16)17)5-8(9)13/h5-6,14H,7H2,1-4H3. The van der Waals surface area contributed by atoms with Gasteiger partial charge in [0.2, 0.25) is 0 Å². The van der Waals surface area contributed by atoms with E-state index in [0.717, 1.165) is 6.07 Å². The molecule has 6 nitrogen and oxygen atoms in total. The van der Waals surface area contributed by atoms with E-state index < -0.39 is 22.0 Å². The summed E-state index contributed by atoms with van der Waals surface area (Å²) in [6, 6.07) is 2.10. The van der Waals surface area contributed by atoms with Crippen LogP contribution in [0.4, 0.5) is 15.8 Å². The Morgan fingerprint density at radius 3 is 2.53 bits per heavy atom. The van der Waals surface area contributed by atoms with Crippen LogP contribution in [0, 0.1) is 15.9 Å². The number of hydrogen-bond acceptors (Lipinski definition) is 5. The van der Waals surface area contributed by atoms with Crippen molar-refractivity contribution in [2.75, 3.05) is 26.1 Å². The number of benzene rings is 1.